The Morgan fingerprint density at radius 1 is 1.14 bits per heavy atom. The molecule has 1 aliphatic carbocycles. The fraction of sp³-hybridized carbons (Fsp3) is 0.875. The van der Waals surface area contributed by atoms with E-state index in [4.69, 9.17) is 4.74 Å². The molecular formula is C16H29N3O3. The van der Waals surface area contributed by atoms with Crippen molar-refractivity contribution in [2.75, 3.05) is 39.4 Å². The van der Waals surface area contributed by atoms with Gasteiger partial charge in [-0.15, -0.1) is 0 Å². The molecule has 6 nitrogen and oxygen atoms in total. The molecule has 0 spiro atoms. The minimum atomic E-state index is -0.500. The Morgan fingerprint density at radius 2 is 1.86 bits per heavy atom. The molecule has 2 aliphatic rings. The third-order valence-electron chi connectivity index (χ3n) is 4.67. The van der Waals surface area contributed by atoms with Crippen molar-refractivity contribution in [2.24, 2.45) is 5.92 Å². The summed E-state index contributed by atoms with van der Waals surface area (Å²) in [6.45, 7) is 7.10. The third kappa shape index (κ3) is 5.57. The van der Waals surface area contributed by atoms with Crippen LogP contribution in [0.3, 0.4) is 0 Å². The maximum absolute atomic E-state index is 11.9. The lowest BCUT2D eigenvalue weighted by Crippen LogP contribution is -2.48. The number of morpholine rings is 1. The van der Waals surface area contributed by atoms with Crippen LogP contribution in [0.15, 0.2) is 0 Å². The minimum absolute atomic E-state index is 0.153. The zero-order chi connectivity index (χ0) is 15.8. The lowest BCUT2D eigenvalue weighted by molar-refractivity contribution is -0.140. The van der Waals surface area contributed by atoms with Crippen LogP contribution >= 0.6 is 0 Å². The van der Waals surface area contributed by atoms with Gasteiger partial charge in [0, 0.05) is 25.7 Å². The molecule has 6 heteroatoms. The predicted molar refractivity (Wildman–Crippen MR) is 84.4 cm³/mol. The Hall–Kier alpha value is -1.14. The topological polar surface area (TPSA) is 70.7 Å². The summed E-state index contributed by atoms with van der Waals surface area (Å²) in [6.07, 6.45) is 5.33. The summed E-state index contributed by atoms with van der Waals surface area (Å²) in [6, 6.07) is 0.153. The molecule has 2 N–H and O–H groups in total. The van der Waals surface area contributed by atoms with Gasteiger partial charge in [0.25, 0.3) is 0 Å². The SMILES string of the molecule is C[C@@H]1CCCC[C@H]1NC(=O)C(=O)NCCCN1CCOCC1. The van der Waals surface area contributed by atoms with Crippen LogP contribution in [-0.2, 0) is 14.3 Å². The van der Waals surface area contributed by atoms with Gasteiger partial charge in [-0.25, -0.2) is 0 Å². The first-order valence-electron chi connectivity index (χ1n) is 8.55. The number of carbonyl (C=O) groups excluding carboxylic acids is 2. The zero-order valence-corrected chi connectivity index (χ0v) is 13.6. The van der Waals surface area contributed by atoms with Gasteiger partial charge < -0.3 is 15.4 Å². The van der Waals surface area contributed by atoms with Crippen LogP contribution in [0.2, 0.25) is 0 Å². The molecule has 0 unspecified atom stereocenters. The summed E-state index contributed by atoms with van der Waals surface area (Å²) in [4.78, 5) is 26.0. The molecule has 2 fully saturated rings. The highest BCUT2D eigenvalue weighted by atomic mass is 16.5. The minimum Gasteiger partial charge on any atom is -0.379 e. The van der Waals surface area contributed by atoms with E-state index in [1.165, 1.54) is 6.42 Å². The standard InChI is InChI=1S/C16H29N3O3/c1-13-5-2-3-6-14(13)18-16(21)15(20)17-7-4-8-19-9-11-22-12-10-19/h13-14H,2-12H2,1H3,(H,17,20)(H,18,21)/t13-,14-/m1/s1. The van der Waals surface area contributed by atoms with E-state index in [1.54, 1.807) is 0 Å². The molecule has 0 aromatic carbocycles. The van der Waals surface area contributed by atoms with Crippen LogP contribution in [-0.4, -0.2) is 62.1 Å². The van der Waals surface area contributed by atoms with Crippen molar-refractivity contribution < 1.29 is 14.3 Å². The second kappa shape index (κ2) is 9.10. The van der Waals surface area contributed by atoms with Crippen LogP contribution < -0.4 is 10.6 Å². The molecular weight excluding hydrogens is 282 g/mol. The quantitative estimate of drug-likeness (QED) is 0.574. The molecule has 2 atom stereocenters. The van der Waals surface area contributed by atoms with Gasteiger partial charge in [0.05, 0.1) is 13.2 Å². The van der Waals surface area contributed by atoms with E-state index in [0.29, 0.717) is 12.5 Å². The second-order valence-electron chi connectivity index (χ2n) is 6.41. The first-order chi connectivity index (χ1) is 10.7. The maximum Gasteiger partial charge on any atom is 0.309 e. The van der Waals surface area contributed by atoms with E-state index < -0.39 is 11.8 Å². The Bertz CT molecular complexity index is 370. The summed E-state index contributed by atoms with van der Waals surface area (Å²) in [7, 11) is 0. The van der Waals surface area contributed by atoms with E-state index >= 15 is 0 Å². The maximum atomic E-state index is 11.9. The normalized spacial score (nSPS) is 26.4. The smallest absolute Gasteiger partial charge is 0.309 e. The monoisotopic (exact) mass is 311 g/mol. The van der Waals surface area contributed by atoms with Gasteiger partial charge in [0.15, 0.2) is 0 Å². The molecule has 0 aromatic rings. The zero-order valence-electron chi connectivity index (χ0n) is 13.6. The first-order valence-corrected chi connectivity index (χ1v) is 8.55. The average Bonchev–Trinajstić information content (AvgIpc) is 2.54. The van der Waals surface area contributed by atoms with Crippen molar-refractivity contribution >= 4 is 11.8 Å². The molecule has 0 radical (unpaired) electrons. The molecule has 0 bridgehead atoms. The van der Waals surface area contributed by atoms with Crippen LogP contribution in [0.4, 0.5) is 0 Å². The summed E-state index contributed by atoms with van der Waals surface area (Å²) in [5, 5.41) is 5.60. The Kier molecular flexibility index (Phi) is 7.12. The summed E-state index contributed by atoms with van der Waals surface area (Å²) in [5.41, 5.74) is 0. The fourth-order valence-corrected chi connectivity index (χ4v) is 3.17. The molecule has 2 rings (SSSR count). The summed E-state index contributed by atoms with van der Waals surface area (Å²) in [5.74, 6) is -0.517. The number of hydrogen-bond donors (Lipinski definition) is 2. The molecule has 1 saturated carbocycles. The number of hydrogen-bond acceptors (Lipinski definition) is 4. The second-order valence-corrected chi connectivity index (χ2v) is 6.41. The van der Waals surface area contributed by atoms with Crippen molar-refractivity contribution in [2.45, 2.75) is 45.1 Å². The van der Waals surface area contributed by atoms with Gasteiger partial charge in [-0.2, -0.15) is 0 Å². The van der Waals surface area contributed by atoms with Crippen LogP contribution in [0.25, 0.3) is 0 Å². The molecule has 1 aliphatic heterocycles. The van der Waals surface area contributed by atoms with Gasteiger partial charge in [0.2, 0.25) is 0 Å². The Balaban J connectivity index is 1.58. The number of ether oxygens (including phenoxy) is 1. The Morgan fingerprint density at radius 3 is 2.59 bits per heavy atom. The van der Waals surface area contributed by atoms with E-state index in [2.05, 4.69) is 22.5 Å². The van der Waals surface area contributed by atoms with Crippen LogP contribution in [0, 0.1) is 5.92 Å². The van der Waals surface area contributed by atoms with Crippen molar-refractivity contribution in [3.8, 4) is 0 Å². The Labute approximate surface area is 132 Å². The van der Waals surface area contributed by atoms with Gasteiger partial charge in [0.1, 0.15) is 0 Å². The van der Waals surface area contributed by atoms with E-state index in [9.17, 15) is 9.59 Å². The lowest BCUT2D eigenvalue weighted by Gasteiger charge is -2.29. The molecule has 1 heterocycles. The van der Waals surface area contributed by atoms with Crippen molar-refractivity contribution in [3.63, 3.8) is 0 Å². The molecule has 126 valence electrons. The highest BCUT2D eigenvalue weighted by molar-refractivity contribution is 6.35. The van der Waals surface area contributed by atoms with E-state index in [-0.39, 0.29) is 6.04 Å². The first kappa shape index (κ1) is 17.2. The largest absolute Gasteiger partial charge is 0.379 e. The van der Waals surface area contributed by atoms with Gasteiger partial charge in [-0.1, -0.05) is 19.8 Å². The predicted octanol–water partition coefficient (Wildman–Crippen LogP) is 0.520. The third-order valence-corrected chi connectivity index (χ3v) is 4.67. The molecule has 22 heavy (non-hydrogen) atoms. The lowest BCUT2D eigenvalue weighted by atomic mass is 9.86. The average molecular weight is 311 g/mol. The fourth-order valence-electron chi connectivity index (χ4n) is 3.17. The van der Waals surface area contributed by atoms with Gasteiger partial charge in [-0.3, -0.25) is 14.5 Å². The molecule has 2 amide bonds. The highest BCUT2D eigenvalue weighted by Gasteiger charge is 2.25. The van der Waals surface area contributed by atoms with Gasteiger partial charge >= 0.3 is 11.8 Å². The summed E-state index contributed by atoms with van der Waals surface area (Å²) >= 11 is 0. The van der Waals surface area contributed by atoms with Crippen molar-refractivity contribution in [3.05, 3.63) is 0 Å². The highest BCUT2D eigenvalue weighted by Crippen LogP contribution is 2.23. The number of amides is 2. The van der Waals surface area contributed by atoms with E-state index in [1.807, 2.05) is 0 Å². The number of nitrogens with one attached hydrogen (secondary N) is 2. The molecule has 1 saturated heterocycles. The van der Waals surface area contributed by atoms with Crippen molar-refractivity contribution in [1.82, 2.24) is 15.5 Å². The molecule has 0 aromatic heterocycles. The van der Waals surface area contributed by atoms with Crippen LogP contribution in [0.1, 0.15) is 39.0 Å². The number of rotatable bonds is 5. The van der Waals surface area contributed by atoms with E-state index in [0.717, 1.165) is 58.5 Å². The van der Waals surface area contributed by atoms with Gasteiger partial charge in [-0.05, 0) is 31.7 Å². The van der Waals surface area contributed by atoms with Crippen molar-refractivity contribution in [1.29, 1.82) is 0 Å². The summed E-state index contributed by atoms with van der Waals surface area (Å²) < 4.78 is 5.29. The number of carbonyl (C=O) groups is 2. The van der Waals surface area contributed by atoms with Crippen LogP contribution in [0.5, 0.6) is 0 Å². The number of nitrogens with zero attached hydrogens (tertiary/aromatic N) is 1.